The van der Waals surface area contributed by atoms with Gasteiger partial charge in [0, 0.05) is 31.4 Å². The largest absolute Gasteiger partial charge is 0.369 e. The summed E-state index contributed by atoms with van der Waals surface area (Å²) in [6.45, 7) is 3.99. The molecule has 2 aromatic heterocycles. The number of hydrogen-bond acceptors (Lipinski definition) is 5. The van der Waals surface area contributed by atoms with E-state index in [0.717, 1.165) is 11.5 Å². The Kier molecular flexibility index (Phi) is 4.12. The second-order valence-electron chi connectivity index (χ2n) is 4.29. The summed E-state index contributed by atoms with van der Waals surface area (Å²) in [4.78, 5) is 22.4. The number of nitrogens with zero attached hydrogens (tertiary/aromatic N) is 2. The van der Waals surface area contributed by atoms with Gasteiger partial charge in [-0.25, -0.2) is 9.97 Å². The molecule has 0 fully saturated rings. The Balaban J connectivity index is 2.04. The number of anilines is 3. The Hall–Kier alpha value is -2.37. The minimum atomic E-state index is 0.156. The third-order valence-electron chi connectivity index (χ3n) is 2.49. The molecule has 2 rings (SSSR count). The van der Waals surface area contributed by atoms with Crippen LogP contribution in [0.25, 0.3) is 0 Å². The Morgan fingerprint density at radius 3 is 2.84 bits per heavy atom. The fourth-order valence-electron chi connectivity index (χ4n) is 1.64. The zero-order valence-electron chi connectivity index (χ0n) is 11.0. The van der Waals surface area contributed by atoms with Crippen molar-refractivity contribution in [2.75, 3.05) is 17.2 Å². The molecule has 0 aliphatic heterocycles. The van der Waals surface area contributed by atoms with Crippen molar-refractivity contribution < 1.29 is 4.79 Å². The van der Waals surface area contributed by atoms with E-state index in [2.05, 4.69) is 25.6 Å². The number of carbonyl (C=O) groups is 1. The summed E-state index contributed by atoms with van der Waals surface area (Å²) in [5.41, 5.74) is 0.938. The molecule has 0 bridgehead atoms. The number of aromatic nitrogens is 3. The molecule has 0 unspecified atom stereocenters. The highest BCUT2D eigenvalue weighted by molar-refractivity contribution is 5.76. The van der Waals surface area contributed by atoms with Crippen molar-refractivity contribution in [3.05, 3.63) is 30.4 Å². The summed E-state index contributed by atoms with van der Waals surface area (Å²) in [5, 5.41) is 6.29. The number of hydrogen-bond donors (Lipinski definition) is 3. The molecule has 2 heterocycles. The second-order valence-corrected chi connectivity index (χ2v) is 4.29. The average molecular weight is 259 g/mol. The Morgan fingerprint density at radius 1 is 1.37 bits per heavy atom. The topological polar surface area (TPSA) is 82.7 Å². The van der Waals surface area contributed by atoms with E-state index in [1.807, 2.05) is 31.5 Å². The van der Waals surface area contributed by atoms with Crippen LogP contribution in [0.5, 0.6) is 0 Å². The number of rotatable bonds is 6. The quantitative estimate of drug-likeness (QED) is 0.741. The van der Waals surface area contributed by atoms with Gasteiger partial charge in [0.2, 0.25) is 0 Å². The van der Waals surface area contributed by atoms with Crippen LogP contribution in [0.4, 0.5) is 17.3 Å². The monoisotopic (exact) mass is 259 g/mol. The molecule has 3 N–H and O–H groups in total. The van der Waals surface area contributed by atoms with Gasteiger partial charge in [0.1, 0.15) is 23.2 Å². The van der Waals surface area contributed by atoms with E-state index in [1.165, 1.54) is 0 Å². The lowest BCUT2D eigenvalue weighted by Gasteiger charge is -2.08. The predicted molar refractivity (Wildman–Crippen MR) is 74.6 cm³/mol. The summed E-state index contributed by atoms with van der Waals surface area (Å²) in [5.74, 6) is 2.26. The van der Waals surface area contributed by atoms with Crippen LogP contribution in [0, 0.1) is 6.92 Å². The maximum atomic E-state index is 10.9. The summed E-state index contributed by atoms with van der Waals surface area (Å²) in [7, 11) is 0. The van der Waals surface area contributed by atoms with Crippen molar-refractivity contribution in [3.63, 3.8) is 0 Å². The molecular weight excluding hydrogens is 242 g/mol. The van der Waals surface area contributed by atoms with Crippen molar-refractivity contribution in [2.45, 2.75) is 20.3 Å². The Labute approximate surface area is 111 Å². The van der Waals surface area contributed by atoms with E-state index in [-0.39, 0.29) is 5.78 Å². The van der Waals surface area contributed by atoms with Gasteiger partial charge in [-0.1, -0.05) is 0 Å². The molecule has 6 nitrogen and oxygen atoms in total. The van der Waals surface area contributed by atoms with Crippen molar-refractivity contribution in [3.8, 4) is 0 Å². The molecule has 0 radical (unpaired) electrons. The highest BCUT2D eigenvalue weighted by atomic mass is 16.1. The van der Waals surface area contributed by atoms with Gasteiger partial charge >= 0.3 is 0 Å². The summed E-state index contributed by atoms with van der Waals surface area (Å²) in [6.07, 6.45) is 4.17. The van der Waals surface area contributed by atoms with Crippen LogP contribution < -0.4 is 10.6 Å². The van der Waals surface area contributed by atoms with Crippen LogP contribution in [-0.4, -0.2) is 27.3 Å². The fourth-order valence-corrected chi connectivity index (χ4v) is 1.64. The number of aromatic amines is 1. The molecule has 100 valence electrons. The van der Waals surface area contributed by atoms with Crippen molar-refractivity contribution in [1.29, 1.82) is 0 Å². The molecule has 0 aliphatic carbocycles. The molecule has 0 saturated carbocycles. The highest BCUT2D eigenvalue weighted by Crippen LogP contribution is 2.16. The highest BCUT2D eigenvalue weighted by Gasteiger charge is 2.03. The lowest BCUT2D eigenvalue weighted by Crippen LogP contribution is -2.08. The van der Waals surface area contributed by atoms with Crippen LogP contribution in [-0.2, 0) is 4.79 Å². The maximum Gasteiger partial charge on any atom is 0.136 e. The average Bonchev–Trinajstić information content (AvgIpc) is 2.80. The second kappa shape index (κ2) is 5.99. The molecule has 0 aromatic carbocycles. The third-order valence-corrected chi connectivity index (χ3v) is 2.49. The van der Waals surface area contributed by atoms with Crippen LogP contribution in [0.2, 0.25) is 0 Å². The van der Waals surface area contributed by atoms with E-state index in [9.17, 15) is 4.79 Å². The first-order chi connectivity index (χ1) is 9.13. The summed E-state index contributed by atoms with van der Waals surface area (Å²) < 4.78 is 0. The zero-order chi connectivity index (χ0) is 13.7. The first kappa shape index (κ1) is 13.1. The molecule has 6 heteroatoms. The first-order valence-corrected chi connectivity index (χ1v) is 6.12. The van der Waals surface area contributed by atoms with E-state index in [4.69, 9.17) is 0 Å². The minimum absolute atomic E-state index is 0.156. The SMILES string of the molecule is CC(=O)CCNc1cc(Nc2cc[nH]c2)nc(C)n1. The lowest BCUT2D eigenvalue weighted by molar-refractivity contribution is -0.116. The maximum absolute atomic E-state index is 10.9. The summed E-state index contributed by atoms with van der Waals surface area (Å²) >= 11 is 0. The van der Waals surface area contributed by atoms with Gasteiger partial charge in [0.15, 0.2) is 0 Å². The standard InChI is InChI=1S/C13H17N5O/c1-9(19)3-6-15-12-7-13(17-10(2)16-12)18-11-4-5-14-8-11/h4-5,7-8,14H,3,6H2,1-2H3,(H2,15,16,17,18). The van der Waals surface area contributed by atoms with Crippen LogP contribution in [0.15, 0.2) is 24.5 Å². The van der Waals surface area contributed by atoms with Crippen molar-refractivity contribution in [2.24, 2.45) is 0 Å². The van der Waals surface area contributed by atoms with Gasteiger partial charge in [-0.3, -0.25) is 4.79 Å². The van der Waals surface area contributed by atoms with Crippen LogP contribution in [0.3, 0.4) is 0 Å². The number of ketones is 1. The molecule has 0 saturated heterocycles. The van der Waals surface area contributed by atoms with Gasteiger partial charge in [0.05, 0.1) is 5.69 Å². The van der Waals surface area contributed by atoms with Gasteiger partial charge in [-0.2, -0.15) is 0 Å². The molecule has 0 atom stereocenters. The van der Waals surface area contributed by atoms with Crippen molar-refractivity contribution >= 4 is 23.1 Å². The van der Waals surface area contributed by atoms with Gasteiger partial charge < -0.3 is 15.6 Å². The molecule has 19 heavy (non-hydrogen) atoms. The van der Waals surface area contributed by atoms with Crippen molar-refractivity contribution in [1.82, 2.24) is 15.0 Å². The van der Waals surface area contributed by atoms with Crippen LogP contribution in [0.1, 0.15) is 19.2 Å². The number of Topliss-reactive ketones (excluding diaryl/α,β-unsaturated/α-hetero) is 1. The van der Waals surface area contributed by atoms with E-state index < -0.39 is 0 Å². The smallest absolute Gasteiger partial charge is 0.136 e. The molecule has 2 aromatic rings. The lowest BCUT2D eigenvalue weighted by atomic mass is 10.3. The van der Waals surface area contributed by atoms with E-state index in [0.29, 0.717) is 24.6 Å². The van der Waals surface area contributed by atoms with Crippen LogP contribution >= 0.6 is 0 Å². The molecular formula is C13H17N5O. The molecule has 0 aliphatic rings. The number of H-pyrrole nitrogens is 1. The number of aryl methyl sites for hydroxylation is 1. The Morgan fingerprint density at radius 2 is 2.16 bits per heavy atom. The minimum Gasteiger partial charge on any atom is -0.369 e. The fraction of sp³-hybridized carbons (Fsp3) is 0.308. The molecule has 0 amide bonds. The predicted octanol–water partition coefficient (Wildman–Crippen LogP) is 2.25. The number of carbonyl (C=O) groups excluding carboxylic acids is 1. The van der Waals surface area contributed by atoms with Gasteiger partial charge in [-0.15, -0.1) is 0 Å². The van der Waals surface area contributed by atoms with E-state index >= 15 is 0 Å². The first-order valence-electron chi connectivity index (χ1n) is 6.12. The zero-order valence-corrected chi connectivity index (χ0v) is 11.0. The number of nitrogens with one attached hydrogen (secondary N) is 3. The van der Waals surface area contributed by atoms with Gasteiger partial charge in [-0.05, 0) is 19.9 Å². The normalized spacial score (nSPS) is 10.2. The summed E-state index contributed by atoms with van der Waals surface area (Å²) in [6, 6.07) is 3.74. The van der Waals surface area contributed by atoms with E-state index in [1.54, 1.807) is 6.92 Å². The third kappa shape index (κ3) is 4.09. The Bertz CT molecular complexity index is 550. The van der Waals surface area contributed by atoms with Gasteiger partial charge in [0.25, 0.3) is 0 Å². The molecule has 0 spiro atoms.